The van der Waals surface area contributed by atoms with Gasteiger partial charge in [0.05, 0.1) is 30.9 Å². The van der Waals surface area contributed by atoms with Crippen molar-refractivity contribution in [3.05, 3.63) is 28.9 Å². The van der Waals surface area contributed by atoms with E-state index in [-0.39, 0.29) is 18.4 Å². The number of morpholine rings is 1. The SMILES string of the molecule is CCc1nnc(Nc2cccc([C@@H]3CN(C(=O)CC4(O)CCCCC4)CCO3)n2)s1. The molecular formula is C21H29N5O3S. The van der Waals surface area contributed by atoms with Gasteiger partial charge >= 0.3 is 0 Å². The Labute approximate surface area is 180 Å². The molecule has 0 aromatic carbocycles. The molecule has 2 fully saturated rings. The first kappa shape index (κ1) is 21.1. The van der Waals surface area contributed by atoms with Gasteiger partial charge in [0.15, 0.2) is 0 Å². The summed E-state index contributed by atoms with van der Waals surface area (Å²) in [5.74, 6) is 0.679. The van der Waals surface area contributed by atoms with Crippen molar-refractivity contribution in [2.24, 2.45) is 0 Å². The van der Waals surface area contributed by atoms with Gasteiger partial charge in [0, 0.05) is 6.54 Å². The average Bonchev–Trinajstić information content (AvgIpc) is 3.22. The van der Waals surface area contributed by atoms with Crippen molar-refractivity contribution >= 4 is 28.2 Å². The van der Waals surface area contributed by atoms with Gasteiger partial charge in [0.1, 0.15) is 16.9 Å². The zero-order valence-corrected chi connectivity index (χ0v) is 18.2. The first-order valence-electron chi connectivity index (χ1n) is 10.7. The Hall–Kier alpha value is -2.10. The molecule has 2 aliphatic rings. The summed E-state index contributed by atoms with van der Waals surface area (Å²) in [6.45, 7) is 3.51. The number of pyridine rings is 1. The van der Waals surface area contributed by atoms with Crippen molar-refractivity contribution in [2.75, 3.05) is 25.0 Å². The van der Waals surface area contributed by atoms with Gasteiger partial charge in [-0.15, -0.1) is 10.2 Å². The van der Waals surface area contributed by atoms with Crippen LogP contribution in [0.1, 0.15) is 62.3 Å². The van der Waals surface area contributed by atoms with Crippen LogP contribution in [0.2, 0.25) is 0 Å². The van der Waals surface area contributed by atoms with Crippen molar-refractivity contribution in [3.63, 3.8) is 0 Å². The third-order valence-corrected chi connectivity index (χ3v) is 6.77. The lowest BCUT2D eigenvalue weighted by Crippen LogP contribution is -2.46. The van der Waals surface area contributed by atoms with E-state index in [1.165, 1.54) is 11.3 Å². The summed E-state index contributed by atoms with van der Waals surface area (Å²) in [4.78, 5) is 19.3. The smallest absolute Gasteiger partial charge is 0.225 e. The molecule has 1 aliphatic carbocycles. The highest BCUT2D eigenvalue weighted by molar-refractivity contribution is 7.15. The number of anilines is 2. The van der Waals surface area contributed by atoms with Crippen LogP contribution in [0, 0.1) is 0 Å². The fourth-order valence-corrected chi connectivity index (χ4v) is 4.78. The van der Waals surface area contributed by atoms with Crippen LogP contribution in [0.4, 0.5) is 10.9 Å². The third-order valence-electron chi connectivity index (χ3n) is 5.79. The van der Waals surface area contributed by atoms with Crippen molar-refractivity contribution in [1.82, 2.24) is 20.1 Å². The molecule has 162 valence electrons. The molecule has 0 bridgehead atoms. The number of aliphatic hydroxyl groups is 1. The maximum absolute atomic E-state index is 12.9. The topological polar surface area (TPSA) is 100 Å². The lowest BCUT2D eigenvalue weighted by molar-refractivity contribution is -0.145. The monoisotopic (exact) mass is 431 g/mol. The number of carbonyl (C=O) groups excluding carboxylic acids is 1. The van der Waals surface area contributed by atoms with E-state index >= 15 is 0 Å². The Morgan fingerprint density at radius 1 is 1.33 bits per heavy atom. The predicted octanol–water partition coefficient (Wildman–Crippen LogP) is 3.22. The van der Waals surface area contributed by atoms with Crippen molar-refractivity contribution in [2.45, 2.75) is 63.6 Å². The van der Waals surface area contributed by atoms with E-state index in [0.29, 0.717) is 43.5 Å². The van der Waals surface area contributed by atoms with E-state index in [0.717, 1.165) is 36.4 Å². The van der Waals surface area contributed by atoms with Crippen LogP contribution in [0.3, 0.4) is 0 Å². The average molecular weight is 432 g/mol. The van der Waals surface area contributed by atoms with Crippen LogP contribution in [0.25, 0.3) is 0 Å². The molecule has 9 heteroatoms. The maximum atomic E-state index is 12.9. The fraction of sp³-hybridized carbons (Fsp3) is 0.619. The molecule has 0 spiro atoms. The largest absolute Gasteiger partial charge is 0.389 e. The molecular weight excluding hydrogens is 402 g/mol. The minimum Gasteiger partial charge on any atom is -0.389 e. The Balaban J connectivity index is 1.39. The third kappa shape index (κ3) is 5.14. The molecule has 4 rings (SSSR count). The van der Waals surface area contributed by atoms with E-state index < -0.39 is 5.60 Å². The molecule has 2 aromatic rings. The van der Waals surface area contributed by atoms with Gasteiger partial charge in [0.2, 0.25) is 11.0 Å². The molecule has 1 saturated heterocycles. The van der Waals surface area contributed by atoms with E-state index in [2.05, 4.69) is 20.5 Å². The number of rotatable bonds is 6. The molecule has 1 saturated carbocycles. The molecule has 1 aliphatic heterocycles. The first-order chi connectivity index (χ1) is 14.5. The highest BCUT2D eigenvalue weighted by Crippen LogP contribution is 2.32. The molecule has 30 heavy (non-hydrogen) atoms. The van der Waals surface area contributed by atoms with Crippen molar-refractivity contribution in [1.29, 1.82) is 0 Å². The Bertz CT molecular complexity index is 868. The number of carbonyl (C=O) groups is 1. The molecule has 0 unspecified atom stereocenters. The molecule has 0 radical (unpaired) electrons. The second kappa shape index (κ2) is 9.36. The fourth-order valence-electron chi connectivity index (χ4n) is 4.09. The second-order valence-electron chi connectivity index (χ2n) is 8.09. The van der Waals surface area contributed by atoms with Gasteiger partial charge in [-0.1, -0.05) is 43.6 Å². The van der Waals surface area contributed by atoms with E-state index in [1.807, 2.05) is 25.1 Å². The van der Waals surface area contributed by atoms with Crippen LogP contribution in [0.15, 0.2) is 18.2 Å². The minimum atomic E-state index is -0.843. The summed E-state index contributed by atoms with van der Waals surface area (Å²) in [5, 5.41) is 23.9. The number of ether oxygens (including phenoxy) is 1. The zero-order valence-electron chi connectivity index (χ0n) is 17.3. The van der Waals surface area contributed by atoms with Crippen LogP contribution in [-0.2, 0) is 16.0 Å². The quantitative estimate of drug-likeness (QED) is 0.724. The normalized spacial score (nSPS) is 21.4. The van der Waals surface area contributed by atoms with Crippen LogP contribution in [0.5, 0.6) is 0 Å². The lowest BCUT2D eigenvalue weighted by Gasteiger charge is -2.37. The molecule has 8 nitrogen and oxygen atoms in total. The minimum absolute atomic E-state index is 0.00272. The summed E-state index contributed by atoms with van der Waals surface area (Å²) in [6, 6.07) is 5.71. The lowest BCUT2D eigenvalue weighted by atomic mass is 9.82. The van der Waals surface area contributed by atoms with Crippen molar-refractivity contribution < 1.29 is 14.6 Å². The number of hydrogen-bond donors (Lipinski definition) is 2. The van der Waals surface area contributed by atoms with Gasteiger partial charge in [-0.3, -0.25) is 4.79 Å². The van der Waals surface area contributed by atoms with Crippen LogP contribution >= 0.6 is 11.3 Å². The standard InChI is InChI=1S/C21H29N5O3S/c1-2-18-24-25-20(30-18)23-17-8-6-7-15(22-17)16-14-26(11-12-29-16)19(27)13-21(28)9-4-3-5-10-21/h6-8,16,28H,2-5,9-14H2,1H3,(H,22,23,25)/t16-/m0/s1. The molecule has 2 N–H and O–H groups in total. The number of hydrogen-bond acceptors (Lipinski definition) is 8. The Morgan fingerprint density at radius 2 is 2.17 bits per heavy atom. The predicted molar refractivity (Wildman–Crippen MR) is 115 cm³/mol. The molecule has 1 atom stereocenters. The maximum Gasteiger partial charge on any atom is 0.225 e. The summed E-state index contributed by atoms with van der Waals surface area (Å²) >= 11 is 1.51. The first-order valence-corrected chi connectivity index (χ1v) is 11.5. The van der Waals surface area contributed by atoms with Gasteiger partial charge in [-0.2, -0.15) is 0 Å². The van der Waals surface area contributed by atoms with Gasteiger partial charge in [0.25, 0.3) is 0 Å². The highest BCUT2D eigenvalue weighted by atomic mass is 32.1. The van der Waals surface area contributed by atoms with Crippen LogP contribution < -0.4 is 5.32 Å². The number of aromatic nitrogens is 3. The van der Waals surface area contributed by atoms with E-state index in [9.17, 15) is 9.90 Å². The summed E-state index contributed by atoms with van der Waals surface area (Å²) in [7, 11) is 0. The Kier molecular flexibility index (Phi) is 6.60. The number of amides is 1. The summed E-state index contributed by atoms with van der Waals surface area (Å²) in [6.07, 6.45) is 5.32. The number of aryl methyl sites for hydroxylation is 1. The van der Waals surface area contributed by atoms with Crippen molar-refractivity contribution in [3.8, 4) is 0 Å². The number of nitrogens with one attached hydrogen (secondary N) is 1. The van der Waals surface area contributed by atoms with E-state index in [4.69, 9.17) is 4.74 Å². The summed E-state index contributed by atoms with van der Waals surface area (Å²) in [5.41, 5.74) is -0.0706. The number of nitrogens with zero attached hydrogens (tertiary/aromatic N) is 4. The van der Waals surface area contributed by atoms with Crippen LogP contribution in [-0.4, -0.2) is 56.4 Å². The van der Waals surface area contributed by atoms with E-state index in [1.54, 1.807) is 4.90 Å². The molecule has 2 aromatic heterocycles. The summed E-state index contributed by atoms with van der Waals surface area (Å²) < 4.78 is 5.91. The second-order valence-corrected chi connectivity index (χ2v) is 9.15. The van der Waals surface area contributed by atoms with Gasteiger partial charge in [-0.05, 0) is 31.4 Å². The zero-order chi connectivity index (χ0) is 21.0. The van der Waals surface area contributed by atoms with Gasteiger partial charge in [-0.25, -0.2) is 4.98 Å². The molecule has 1 amide bonds. The Morgan fingerprint density at radius 3 is 2.93 bits per heavy atom. The highest BCUT2D eigenvalue weighted by Gasteiger charge is 2.35. The van der Waals surface area contributed by atoms with Gasteiger partial charge < -0.3 is 20.1 Å². The molecule has 3 heterocycles.